The lowest BCUT2D eigenvalue weighted by molar-refractivity contribution is -0.142. The van der Waals surface area contributed by atoms with Crippen LogP contribution in [0.25, 0.3) is 12.2 Å². The summed E-state index contributed by atoms with van der Waals surface area (Å²) in [5.41, 5.74) is 4.02. The molecule has 2 saturated heterocycles. The Labute approximate surface area is 262 Å². The fourth-order valence-corrected chi connectivity index (χ4v) is 6.28. The molecule has 0 spiro atoms. The molecule has 234 valence electrons. The van der Waals surface area contributed by atoms with E-state index in [9.17, 15) is 19.2 Å². The number of amides is 4. The second-order valence-electron chi connectivity index (χ2n) is 12.2. The van der Waals surface area contributed by atoms with Gasteiger partial charge in [-0.3, -0.25) is 19.2 Å². The van der Waals surface area contributed by atoms with Gasteiger partial charge in [-0.05, 0) is 80.8 Å². The molecule has 4 amide bonds. The molecule has 2 atom stereocenters. The minimum absolute atomic E-state index is 0.0880. The molecule has 1 aromatic heterocycles. The van der Waals surface area contributed by atoms with Crippen LogP contribution in [-0.4, -0.2) is 63.8 Å². The molecule has 2 N–H and O–H groups in total. The van der Waals surface area contributed by atoms with Crippen LogP contribution in [0.5, 0.6) is 0 Å². The Morgan fingerprint density at radius 1 is 0.778 bits per heavy atom. The average molecular weight is 610 g/mol. The summed E-state index contributed by atoms with van der Waals surface area (Å²) in [5.74, 6) is 0.271. The first kappa shape index (κ1) is 30.3. The summed E-state index contributed by atoms with van der Waals surface area (Å²) >= 11 is 0. The van der Waals surface area contributed by atoms with Gasteiger partial charge in [-0.15, -0.1) is 0 Å². The van der Waals surface area contributed by atoms with E-state index in [1.165, 1.54) is 0 Å². The molecule has 3 aromatic rings. The normalized spacial score (nSPS) is 19.9. The Morgan fingerprint density at radius 2 is 1.31 bits per heavy atom. The Kier molecular flexibility index (Phi) is 9.09. The van der Waals surface area contributed by atoms with Gasteiger partial charge in [0.2, 0.25) is 23.6 Å². The number of nitrogens with one attached hydrogen (secondary N) is 2. The van der Waals surface area contributed by atoms with Crippen LogP contribution in [0.2, 0.25) is 0 Å². The lowest BCUT2D eigenvalue weighted by atomic mass is 9.84. The van der Waals surface area contributed by atoms with Gasteiger partial charge in [-0.2, -0.15) is 0 Å². The van der Waals surface area contributed by atoms with Crippen molar-refractivity contribution in [2.24, 2.45) is 5.92 Å². The molecular weight excluding hydrogens is 570 g/mol. The highest BCUT2D eigenvalue weighted by Gasteiger charge is 2.39. The molecule has 3 heterocycles. The van der Waals surface area contributed by atoms with E-state index in [2.05, 4.69) is 15.8 Å². The highest BCUT2D eigenvalue weighted by Crippen LogP contribution is 2.31. The van der Waals surface area contributed by atoms with Crippen LogP contribution in [0.4, 0.5) is 11.4 Å². The van der Waals surface area contributed by atoms with Crippen molar-refractivity contribution < 1.29 is 23.7 Å². The summed E-state index contributed by atoms with van der Waals surface area (Å²) in [7, 11) is 0. The molecule has 10 nitrogen and oxygen atoms in total. The SMILES string of the molecule is Cc1cc(CC(=O)N2CCC[C@H]2C(=O)Nc2ccc(C=Cc3ccc(NC(=O)[C@@H]4CCCN4C(=O)C4CCC4)cc3)cc2)on1. The minimum atomic E-state index is -0.513. The molecule has 0 unspecified atom stereocenters. The van der Waals surface area contributed by atoms with Crippen molar-refractivity contribution in [1.82, 2.24) is 15.0 Å². The van der Waals surface area contributed by atoms with E-state index < -0.39 is 6.04 Å². The maximum Gasteiger partial charge on any atom is 0.247 e. The Morgan fingerprint density at radius 3 is 1.80 bits per heavy atom. The van der Waals surface area contributed by atoms with Crippen LogP contribution >= 0.6 is 0 Å². The highest BCUT2D eigenvalue weighted by atomic mass is 16.5. The van der Waals surface area contributed by atoms with Gasteiger partial charge in [-0.25, -0.2) is 0 Å². The van der Waals surface area contributed by atoms with Gasteiger partial charge < -0.3 is 25.0 Å². The first-order valence-electron chi connectivity index (χ1n) is 15.9. The lowest BCUT2D eigenvalue weighted by Crippen LogP contribution is -2.46. The molecule has 1 aliphatic carbocycles. The number of carbonyl (C=O) groups is 4. The number of anilines is 2. The summed E-state index contributed by atoms with van der Waals surface area (Å²) < 4.78 is 5.17. The highest BCUT2D eigenvalue weighted by molar-refractivity contribution is 5.98. The molecule has 2 aliphatic heterocycles. The predicted octanol–water partition coefficient (Wildman–Crippen LogP) is 5.06. The minimum Gasteiger partial charge on any atom is -0.361 e. The topological polar surface area (TPSA) is 125 Å². The molecular formula is C35H39N5O5. The van der Waals surface area contributed by atoms with E-state index in [1.54, 1.807) is 22.8 Å². The van der Waals surface area contributed by atoms with E-state index in [1.807, 2.05) is 60.7 Å². The van der Waals surface area contributed by atoms with Gasteiger partial charge in [0.25, 0.3) is 0 Å². The number of aromatic nitrogens is 1. The van der Waals surface area contributed by atoms with Crippen LogP contribution < -0.4 is 10.6 Å². The Balaban J connectivity index is 0.989. The third kappa shape index (κ3) is 7.16. The summed E-state index contributed by atoms with van der Waals surface area (Å²) in [5, 5.41) is 9.77. The zero-order valence-corrected chi connectivity index (χ0v) is 25.5. The molecule has 0 bridgehead atoms. The van der Waals surface area contributed by atoms with E-state index in [4.69, 9.17) is 4.52 Å². The van der Waals surface area contributed by atoms with Gasteiger partial charge in [0.1, 0.15) is 17.8 Å². The maximum absolute atomic E-state index is 13.0. The van der Waals surface area contributed by atoms with Crippen LogP contribution in [-0.2, 0) is 25.6 Å². The van der Waals surface area contributed by atoms with E-state index >= 15 is 0 Å². The van der Waals surface area contributed by atoms with Crippen molar-refractivity contribution in [2.45, 2.75) is 70.4 Å². The number of hydrogen-bond acceptors (Lipinski definition) is 6. The fourth-order valence-electron chi connectivity index (χ4n) is 6.28. The molecule has 3 fully saturated rings. The first-order chi connectivity index (χ1) is 21.8. The van der Waals surface area contributed by atoms with Gasteiger partial charge in [-0.1, -0.05) is 48.0 Å². The summed E-state index contributed by atoms with van der Waals surface area (Å²) in [6.45, 7) is 3.01. The zero-order chi connectivity index (χ0) is 31.3. The quantitative estimate of drug-likeness (QED) is 0.327. The largest absolute Gasteiger partial charge is 0.361 e. The maximum atomic E-state index is 13.0. The van der Waals surface area contributed by atoms with Gasteiger partial charge in [0.15, 0.2) is 0 Å². The number of aryl methyl sites for hydroxylation is 1. The standard InChI is InChI=1S/C35H39N5O5/c1-23-21-29(45-38-23)22-32(41)39-19-3-7-30(39)33(42)36-27-15-11-24(12-16-27)9-10-25-13-17-28(18-14-25)37-34(43)31-8-4-20-40(31)35(44)26-5-2-6-26/h9-18,21,26,30-31H,2-8,19-20,22H2,1H3,(H,36,42)(H,37,43)/t30-,31-/m0/s1. The summed E-state index contributed by atoms with van der Waals surface area (Å²) in [6, 6.07) is 16.0. The van der Waals surface area contributed by atoms with Gasteiger partial charge in [0.05, 0.1) is 12.1 Å². The molecule has 10 heteroatoms. The van der Waals surface area contributed by atoms with E-state index in [0.29, 0.717) is 43.1 Å². The molecule has 3 aliphatic rings. The molecule has 1 saturated carbocycles. The number of benzene rings is 2. The second-order valence-corrected chi connectivity index (χ2v) is 12.2. The van der Waals surface area contributed by atoms with E-state index in [0.717, 1.165) is 48.9 Å². The number of hydrogen-bond donors (Lipinski definition) is 2. The smallest absolute Gasteiger partial charge is 0.247 e. The van der Waals surface area contributed by atoms with Crippen molar-refractivity contribution >= 4 is 47.2 Å². The van der Waals surface area contributed by atoms with Gasteiger partial charge in [0, 0.05) is 36.4 Å². The number of rotatable bonds is 9. The average Bonchev–Trinajstić information content (AvgIpc) is 3.78. The van der Waals surface area contributed by atoms with Crippen molar-refractivity contribution in [3.63, 3.8) is 0 Å². The molecule has 45 heavy (non-hydrogen) atoms. The number of carbonyl (C=O) groups excluding carboxylic acids is 4. The molecule has 0 radical (unpaired) electrons. The van der Waals surface area contributed by atoms with Gasteiger partial charge >= 0.3 is 0 Å². The summed E-state index contributed by atoms with van der Waals surface area (Å²) in [4.78, 5) is 55.0. The van der Waals surface area contributed by atoms with Crippen LogP contribution in [0.1, 0.15) is 67.5 Å². The van der Waals surface area contributed by atoms with E-state index in [-0.39, 0.29) is 42.0 Å². The number of likely N-dealkylation sites (tertiary alicyclic amines) is 2. The third-order valence-corrected chi connectivity index (χ3v) is 9.00. The zero-order valence-electron chi connectivity index (χ0n) is 25.5. The Bertz CT molecular complexity index is 1570. The molecule has 6 rings (SSSR count). The summed E-state index contributed by atoms with van der Waals surface area (Å²) in [6.07, 6.45) is 9.98. The second kappa shape index (κ2) is 13.5. The van der Waals surface area contributed by atoms with Crippen LogP contribution in [0, 0.1) is 12.8 Å². The van der Waals surface area contributed by atoms with Crippen molar-refractivity contribution in [3.8, 4) is 0 Å². The Hall–Kier alpha value is -4.73. The van der Waals surface area contributed by atoms with Crippen LogP contribution in [0.3, 0.4) is 0 Å². The number of nitrogens with zero attached hydrogens (tertiary/aromatic N) is 3. The monoisotopic (exact) mass is 609 g/mol. The fraction of sp³-hybridized carbons (Fsp3) is 0.400. The first-order valence-corrected chi connectivity index (χ1v) is 15.9. The van der Waals surface area contributed by atoms with Crippen molar-refractivity contribution in [1.29, 1.82) is 0 Å². The van der Waals surface area contributed by atoms with Crippen molar-refractivity contribution in [3.05, 3.63) is 77.2 Å². The predicted molar refractivity (Wildman–Crippen MR) is 171 cm³/mol. The molecule has 2 aromatic carbocycles. The van der Waals surface area contributed by atoms with Crippen LogP contribution in [0.15, 0.2) is 59.1 Å². The third-order valence-electron chi connectivity index (χ3n) is 9.00. The lowest BCUT2D eigenvalue weighted by Gasteiger charge is -2.32. The van der Waals surface area contributed by atoms with Crippen molar-refractivity contribution in [2.75, 3.05) is 23.7 Å².